The first-order valence-electron chi connectivity index (χ1n) is 16.8. The number of benzene rings is 1. The first-order chi connectivity index (χ1) is 25.6. The number of aliphatic hydroxyl groups excluding tert-OH is 6. The van der Waals surface area contributed by atoms with Crippen LogP contribution in [0.25, 0.3) is 5.73 Å². The van der Waals surface area contributed by atoms with Gasteiger partial charge in [-0.1, -0.05) is 6.07 Å². The molecule has 11 atom stereocenters. The standard InChI is InChI=1S/C32H41N6O16.Y/c1-13-22(24(45)26(47)28(33)52-13)38-29(30(38)49)36-32(50)51-12-14-2-3-16(53-31-27(48)25(46)23(44)17(11-39)54-31)15(10-14)35-19(41)6-8-34-18(40)7-9-37-20(42)4-5-21(37)43;/h2-5,10,13,17,22-29,31,33,39,44-48H,6-9,11-12H2,1H3,(H,34,40)(H,35,41)(H,36,50);/q-1;. The molecular weight excluding hydrogens is 813 g/mol. The van der Waals surface area contributed by atoms with Gasteiger partial charge in [-0.3, -0.25) is 34.2 Å². The zero-order valence-electron chi connectivity index (χ0n) is 29.2. The number of imide groups is 1. The third-order valence-electron chi connectivity index (χ3n) is 9.04. The Labute approximate surface area is 337 Å². The van der Waals surface area contributed by atoms with E-state index >= 15 is 0 Å². The summed E-state index contributed by atoms with van der Waals surface area (Å²) < 4.78 is 21.6. The molecule has 1 aromatic rings. The van der Waals surface area contributed by atoms with Gasteiger partial charge in [-0.05, 0) is 30.8 Å². The van der Waals surface area contributed by atoms with Crippen molar-refractivity contribution < 1.29 is 111 Å². The summed E-state index contributed by atoms with van der Waals surface area (Å²) in [5, 5.41) is 68.1. The number of ether oxygens (including phenoxy) is 4. The minimum absolute atomic E-state index is 0. The molecule has 0 spiro atoms. The van der Waals surface area contributed by atoms with Crippen molar-refractivity contribution in [1.82, 2.24) is 20.4 Å². The minimum atomic E-state index is -1.79. The van der Waals surface area contributed by atoms with Gasteiger partial charge in [-0.2, -0.15) is 0 Å². The summed E-state index contributed by atoms with van der Waals surface area (Å²) in [6.07, 6.45) is -14.1. The summed E-state index contributed by atoms with van der Waals surface area (Å²) in [5.74, 6) is -3.00. The largest absolute Gasteiger partial charge is 0.649 e. The number of nitrogens with one attached hydrogen (secondary N) is 4. The van der Waals surface area contributed by atoms with Crippen molar-refractivity contribution in [3.63, 3.8) is 0 Å². The van der Waals surface area contributed by atoms with Crippen LogP contribution in [0.4, 0.5) is 10.5 Å². The monoisotopic (exact) mass is 854 g/mol. The van der Waals surface area contributed by atoms with Gasteiger partial charge >= 0.3 is 6.09 Å². The molecule has 0 aromatic heterocycles. The van der Waals surface area contributed by atoms with E-state index in [1.165, 1.54) is 25.1 Å². The molecule has 0 saturated carbocycles. The number of alkyl carbamates (subject to hydrolysis) is 1. The Bertz CT molecular complexity index is 1630. The Morgan fingerprint density at radius 2 is 1.60 bits per heavy atom. The first kappa shape index (κ1) is 44.0. The fourth-order valence-corrected chi connectivity index (χ4v) is 6.02. The van der Waals surface area contributed by atoms with Gasteiger partial charge in [0.2, 0.25) is 18.1 Å². The Hall–Kier alpha value is -3.68. The van der Waals surface area contributed by atoms with E-state index in [4.69, 9.17) is 24.7 Å². The van der Waals surface area contributed by atoms with Crippen LogP contribution in [0.3, 0.4) is 0 Å². The van der Waals surface area contributed by atoms with E-state index in [1.54, 1.807) is 0 Å². The van der Waals surface area contributed by atoms with Crippen molar-refractivity contribution in [3.05, 3.63) is 41.6 Å². The van der Waals surface area contributed by atoms with Crippen LogP contribution in [0.15, 0.2) is 30.4 Å². The zero-order valence-corrected chi connectivity index (χ0v) is 32.1. The second-order valence-electron chi connectivity index (χ2n) is 12.8. The Morgan fingerprint density at radius 1 is 0.909 bits per heavy atom. The molecule has 23 heteroatoms. The summed E-state index contributed by atoms with van der Waals surface area (Å²) in [4.78, 5) is 75.6. The normalized spacial score (nSPS) is 31.4. The van der Waals surface area contributed by atoms with Crippen LogP contribution in [0.5, 0.6) is 5.75 Å². The number of aliphatic hydroxyl groups is 6. The molecule has 0 aliphatic carbocycles. The number of rotatable bonds is 14. The number of carbonyl (C=O) groups excluding carboxylic acids is 6. The van der Waals surface area contributed by atoms with Gasteiger partial charge < -0.3 is 70.9 Å². The number of carbonyl (C=O) groups is 6. The molecule has 0 bridgehead atoms. The molecule has 11 unspecified atom stereocenters. The molecule has 3 fully saturated rings. The summed E-state index contributed by atoms with van der Waals surface area (Å²) in [5.41, 5.74) is 7.88. The molecule has 4 aliphatic rings. The van der Waals surface area contributed by atoms with Crippen LogP contribution in [-0.4, -0.2) is 163 Å². The van der Waals surface area contributed by atoms with E-state index in [0.29, 0.717) is 0 Å². The molecule has 299 valence electrons. The number of amides is 6. The predicted octanol–water partition coefficient (Wildman–Crippen LogP) is -4.10. The van der Waals surface area contributed by atoms with E-state index in [-0.39, 0.29) is 75.6 Å². The van der Waals surface area contributed by atoms with Crippen LogP contribution >= 0.6 is 0 Å². The van der Waals surface area contributed by atoms with Crippen molar-refractivity contribution >= 4 is 41.3 Å². The molecule has 1 aromatic carbocycles. The Kier molecular flexibility index (Phi) is 15.2. The van der Waals surface area contributed by atoms with E-state index in [2.05, 4.69) is 16.0 Å². The van der Waals surface area contributed by atoms with Crippen LogP contribution in [0, 0.1) is 0 Å². The number of hydrogen-bond acceptors (Lipinski definition) is 16. The number of nitrogens with zero attached hydrogens (tertiary/aromatic N) is 2. The molecular formula is C32H41N6O16Y-. The van der Waals surface area contributed by atoms with Crippen LogP contribution in [0.2, 0.25) is 0 Å². The van der Waals surface area contributed by atoms with Gasteiger partial charge in [-0.25, -0.2) is 4.79 Å². The molecule has 1 radical (unpaired) electrons. The summed E-state index contributed by atoms with van der Waals surface area (Å²) >= 11 is 0. The summed E-state index contributed by atoms with van der Waals surface area (Å²) in [6, 6.07) is 2.98. The smallest absolute Gasteiger partial charge is 0.409 e. The van der Waals surface area contributed by atoms with Crippen molar-refractivity contribution in [2.75, 3.05) is 25.0 Å². The Balaban J connectivity index is 0.00000673. The second-order valence-corrected chi connectivity index (χ2v) is 12.8. The fourth-order valence-electron chi connectivity index (χ4n) is 6.02. The van der Waals surface area contributed by atoms with Gasteiger partial charge in [0.15, 0.2) is 6.17 Å². The molecule has 6 amide bonds. The maximum absolute atomic E-state index is 12.9. The minimum Gasteiger partial charge on any atom is -0.649 e. The maximum Gasteiger partial charge on any atom is 0.409 e. The molecule has 10 N–H and O–H groups in total. The first-order valence-corrected chi connectivity index (χ1v) is 16.8. The molecule has 4 heterocycles. The van der Waals surface area contributed by atoms with Crippen molar-refractivity contribution in [1.29, 1.82) is 0 Å². The van der Waals surface area contributed by atoms with Crippen molar-refractivity contribution in [2.24, 2.45) is 0 Å². The van der Waals surface area contributed by atoms with Gasteiger partial charge in [0, 0.05) is 70.8 Å². The van der Waals surface area contributed by atoms with Gasteiger partial charge in [0.25, 0.3) is 17.7 Å². The number of anilines is 1. The quantitative estimate of drug-likeness (QED) is 0.0635. The topological polar surface area (TPSA) is 327 Å². The third-order valence-corrected chi connectivity index (χ3v) is 9.04. The summed E-state index contributed by atoms with van der Waals surface area (Å²) in [6.45, 7) is 0.0418. The van der Waals surface area contributed by atoms with E-state index in [0.717, 1.165) is 22.0 Å². The SMILES string of the molecule is CC1OC([NH-])C(O)C(O)C1N1C(=O)C1NC(=O)OCc1ccc(OC2OC(CO)C(O)C(O)C2O)c(NC(=O)CCNC(=O)CCN2C(=O)C=CC2=O)c1.[Y]. The second kappa shape index (κ2) is 19.0. The average molecular weight is 855 g/mol. The molecule has 22 nitrogen and oxygen atoms in total. The molecule has 4 aliphatic heterocycles. The van der Waals surface area contributed by atoms with Gasteiger partial charge in [-0.15, -0.1) is 0 Å². The maximum atomic E-state index is 12.9. The van der Waals surface area contributed by atoms with Gasteiger partial charge in [0.05, 0.1) is 30.5 Å². The zero-order chi connectivity index (χ0) is 39.4. The predicted molar refractivity (Wildman–Crippen MR) is 176 cm³/mol. The van der Waals surface area contributed by atoms with Crippen LogP contribution < -0.4 is 20.7 Å². The fraction of sp³-hybridized carbons (Fsp3) is 0.562. The number of hydrogen-bond donors (Lipinski definition) is 9. The summed E-state index contributed by atoms with van der Waals surface area (Å²) in [7, 11) is 0. The van der Waals surface area contributed by atoms with E-state index in [1.807, 2.05) is 0 Å². The third kappa shape index (κ3) is 10.4. The van der Waals surface area contributed by atoms with Crippen molar-refractivity contribution in [2.45, 2.75) is 93.8 Å². The molecule has 55 heavy (non-hydrogen) atoms. The molecule has 5 rings (SSSR count). The Morgan fingerprint density at radius 3 is 2.27 bits per heavy atom. The van der Waals surface area contributed by atoms with Crippen LogP contribution in [-0.2, 0) is 77.5 Å². The molecule has 3 saturated heterocycles. The van der Waals surface area contributed by atoms with Gasteiger partial charge in [0.1, 0.15) is 42.9 Å². The van der Waals surface area contributed by atoms with Crippen LogP contribution in [0.1, 0.15) is 25.3 Å². The van der Waals surface area contributed by atoms with E-state index in [9.17, 15) is 59.4 Å². The average Bonchev–Trinajstić information content (AvgIpc) is 3.61. The van der Waals surface area contributed by atoms with Crippen molar-refractivity contribution in [3.8, 4) is 5.75 Å². The van der Waals surface area contributed by atoms with E-state index < -0.39 is 116 Å².